The standard InChI is InChI=1S/C20H16FN5O2/c21-17-9-5-4-6-14(17)10-22-18(27)12-25-13-23-19-16(20(25)28)11-24-26(19)15-7-2-1-3-8-15/h1-9,11,13H,10,12H2,(H,22,27). The Morgan fingerprint density at radius 1 is 1.07 bits per heavy atom. The van der Waals surface area contributed by atoms with Gasteiger partial charge in [0.25, 0.3) is 5.56 Å². The van der Waals surface area contributed by atoms with Gasteiger partial charge in [0, 0.05) is 12.1 Å². The monoisotopic (exact) mass is 377 g/mol. The molecule has 0 aliphatic carbocycles. The van der Waals surface area contributed by atoms with E-state index in [0.717, 1.165) is 5.69 Å². The molecular weight excluding hydrogens is 361 g/mol. The molecule has 1 N–H and O–H groups in total. The number of rotatable bonds is 5. The second-order valence-electron chi connectivity index (χ2n) is 6.17. The molecule has 0 saturated heterocycles. The fourth-order valence-electron chi connectivity index (χ4n) is 2.87. The van der Waals surface area contributed by atoms with Gasteiger partial charge in [-0.3, -0.25) is 14.2 Å². The van der Waals surface area contributed by atoms with Gasteiger partial charge in [-0.1, -0.05) is 36.4 Å². The number of nitrogens with one attached hydrogen (secondary N) is 1. The van der Waals surface area contributed by atoms with Crippen LogP contribution in [0, 0.1) is 5.82 Å². The molecule has 0 aliphatic rings. The summed E-state index contributed by atoms with van der Waals surface area (Å²) in [5.74, 6) is -0.807. The van der Waals surface area contributed by atoms with Gasteiger partial charge in [0.1, 0.15) is 24.1 Å². The van der Waals surface area contributed by atoms with Gasteiger partial charge in [0.2, 0.25) is 5.91 Å². The van der Waals surface area contributed by atoms with E-state index in [1.165, 1.54) is 23.2 Å². The molecule has 28 heavy (non-hydrogen) atoms. The van der Waals surface area contributed by atoms with E-state index in [1.807, 2.05) is 30.3 Å². The molecular formula is C20H16FN5O2. The molecule has 0 saturated carbocycles. The molecule has 0 bridgehead atoms. The smallest absolute Gasteiger partial charge is 0.264 e. The van der Waals surface area contributed by atoms with Crippen LogP contribution in [0.25, 0.3) is 16.7 Å². The van der Waals surface area contributed by atoms with Gasteiger partial charge in [-0.2, -0.15) is 5.10 Å². The minimum absolute atomic E-state index is 0.0435. The normalized spacial score (nSPS) is 10.9. The maximum absolute atomic E-state index is 13.6. The number of hydrogen-bond acceptors (Lipinski definition) is 4. The highest BCUT2D eigenvalue weighted by Gasteiger charge is 2.13. The summed E-state index contributed by atoms with van der Waals surface area (Å²) >= 11 is 0. The largest absolute Gasteiger partial charge is 0.350 e. The maximum Gasteiger partial charge on any atom is 0.264 e. The molecule has 140 valence electrons. The molecule has 1 amide bonds. The zero-order valence-electron chi connectivity index (χ0n) is 14.7. The molecule has 0 radical (unpaired) electrons. The van der Waals surface area contributed by atoms with Crippen molar-refractivity contribution in [3.63, 3.8) is 0 Å². The van der Waals surface area contributed by atoms with Crippen LogP contribution in [0.4, 0.5) is 4.39 Å². The molecule has 0 atom stereocenters. The summed E-state index contributed by atoms with van der Waals surface area (Å²) in [4.78, 5) is 29.1. The number of carbonyl (C=O) groups is 1. The van der Waals surface area contributed by atoms with Crippen molar-refractivity contribution >= 4 is 16.9 Å². The van der Waals surface area contributed by atoms with Crippen molar-refractivity contribution in [3.8, 4) is 5.69 Å². The van der Waals surface area contributed by atoms with Gasteiger partial charge in [0.15, 0.2) is 5.65 Å². The Kier molecular flexibility index (Phi) is 4.67. The Morgan fingerprint density at radius 2 is 1.82 bits per heavy atom. The van der Waals surface area contributed by atoms with Crippen molar-refractivity contribution in [2.75, 3.05) is 0 Å². The number of carbonyl (C=O) groups excluding carboxylic acids is 1. The van der Waals surface area contributed by atoms with E-state index in [2.05, 4.69) is 15.4 Å². The number of para-hydroxylation sites is 1. The predicted octanol–water partition coefficient (Wildman–Crippen LogP) is 2.04. The van der Waals surface area contributed by atoms with Crippen LogP contribution in [-0.4, -0.2) is 25.2 Å². The lowest BCUT2D eigenvalue weighted by molar-refractivity contribution is -0.121. The Balaban J connectivity index is 1.53. The molecule has 2 aromatic heterocycles. The molecule has 7 nitrogen and oxygen atoms in total. The Labute approximate surface area is 159 Å². The van der Waals surface area contributed by atoms with Crippen molar-refractivity contribution in [2.45, 2.75) is 13.1 Å². The minimum atomic E-state index is -0.415. The summed E-state index contributed by atoms with van der Waals surface area (Å²) in [5, 5.41) is 7.15. The van der Waals surface area contributed by atoms with Crippen molar-refractivity contribution in [1.29, 1.82) is 0 Å². The second kappa shape index (κ2) is 7.43. The fourth-order valence-corrected chi connectivity index (χ4v) is 2.87. The van der Waals surface area contributed by atoms with Crippen LogP contribution in [0.1, 0.15) is 5.56 Å². The average molecular weight is 377 g/mol. The molecule has 2 heterocycles. The highest BCUT2D eigenvalue weighted by molar-refractivity contribution is 5.77. The molecule has 0 fully saturated rings. The van der Waals surface area contributed by atoms with Crippen molar-refractivity contribution < 1.29 is 9.18 Å². The number of nitrogens with zero attached hydrogens (tertiary/aromatic N) is 4. The van der Waals surface area contributed by atoms with E-state index in [-0.39, 0.29) is 18.6 Å². The molecule has 2 aromatic carbocycles. The van der Waals surface area contributed by atoms with Gasteiger partial charge in [-0.05, 0) is 18.2 Å². The van der Waals surface area contributed by atoms with Crippen LogP contribution in [-0.2, 0) is 17.9 Å². The summed E-state index contributed by atoms with van der Waals surface area (Å²) in [5.41, 5.74) is 1.21. The SMILES string of the molecule is O=C(Cn1cnc2c(cnn2-c2ccccc2)c1=O)NCc1ccccc1F. The average Bonchev–Trinajstić information content (AvgIpc) is 3.15. The second-order valence-corrected chi connectivity index (χ2v) is 6.17. The van der Waals surface area contributed by atoms with Gasteiger partial charge >= 0.3 is 0 Å². The predicted molar refractivity (Wildman–Crippen MR) is 101 cm³/mol. The summed E-state index contributed by atoms with van der Waals surface area (Å²) in [6.45, 7) is -0.172. The fraction of sp³-hybridized carbons (Fsp3) is 0.100. The first-order valence-corrected chi connectivity index (χ1v) is 8.62. The third-order valence-corrected chi connectivity index (χ3v) is 4.30. The number of fused-ring (bicyclic) bond motifs is 1. The maximum atomic E-state index is 13.6. The highest BCUT2D eigenvalue weighted by Crippen LogP contribution is 2.13. The van der Waals surface area contributed by atoms with E-state index < -0.39 is 11.7 Å². The quantitative estimate of drug-likeness (QED) is 0.577. The van der Waals surface area contributed by atoms with Crippen LogP contribution < -0.4 is 10.9 Å². The number of aromatic nitrogens is 4. The number of amides is 1. The summed E-state index contributed by atoms with van der Waals surface area (Å²) in [7, 11) is 0. The molecule has 8 heteroatoms. The first kappa shape index (κ1) is 17.6. The van der Waals surface area contributed by atoms with Crippen molar-refractivity contribution in [2.24, 2.45) is 0 Å². The van der Waals surface area contributed by atoms with Crippen LogP contribution in [0.2, 0.25) is 0 Å². The van der Waals surface area contributed by atoms with Crippen molar-refractivity contribution in [3.05, 3.63) is 88.9 Å². The Hall–Kier alpha value is -3.81. The van der Waals surface area contributed by atoms with Gasteiger partial charge < -0.3 is 5.32 Å². The molecule has 4 aromatic rings. The van der Waals surface area contributed by atoms with Gasteiger partial charge in [-0.25, -0.2) is 14.1 Å². The summed E-state index contributed by atoms with van der Waals surface area (Å²) in [6, 6.07) is 15.5. The minimum Gasteiger partial charge on any atom is -0.350 e. The third kappa shape index (κ3) is 3.39. The first-order chi connectivity index (χ1) is 13.6. The highest BCUT2D eigenvalue weighted by atomic mass is 19.1. The zero-order chi connectivity index (χ0) is 19.5. The van der Waals surface area contributed by atoms with Crippen molar-refractivity contribution in [1.82, 2.24) is 24.6 Å². The Morgan fingerprint density at radius 3 is 2.61 bits per heavy atom. The molecule has 0 unspecified atom stereocenters. The molecule has 0 aliphatic heterocycles. The zero-order valence-corrected chi connectivity index (χ0v) is 14.7. The van der Waals surface area contributed by atoms with Crippen LogP contribution in [0.3, 0.4) is 0 Å². The van der Waals surface area contributed by atoms with E-state index in [9.17, 15) is 14.0 Å². The van der Waals surface area contributed by atoms with Crippen LogP contribution in [0.5, 0.6) is 0 Å². The summed E-state index contributed by atoms with van der Waals surface area (Å²) < 4.78 is 16.4. The van der Waals surface area contributed by atoms with Gasteiger partial charge in [0.05, 0.1) is 11.9 Å². The lowest BCUT2D eigenvalue weighted by Crippen LogP contribution is -2.32. The van der Waals surface area contributed by atoms with E-state index in [0.29, 0.717) is 16.6 Å². The van der Waals surface area contributed by atoms with Gasteiger partial charge in [-0.15, -0.1) is 0 Å². The lowest BCUT2D eigenvalue weighted by Gasteiger charge is -2.08. The number of hydrogen-bond donors (Lipinski definition) is 1. The van der Waals surface area contributed by atoms with E-state index >= 15 is 0 Å². The van der Waals surface area contributed by atoms with Crippen LogP contribution >= 0.6 is 0 Å². The van der Waals surface area contributed by atoms with E-state index in [1.54, 1.807) is 22.9 Å². The molecule has 4 rings (SSSR count). The lowest BCUT2D eigenvalue weighted by atomic mass is 10.2. The van der Waals surface area contributed by atoms with Crippen LogP contribution in [0.15, 0.2) is 71.9 Å². The van der Waals surface area contributed by atoms with E-state index in [4.69, 9.17) is 0 Å². The third-order valence-electron chi connectivity index (χ3n) is 4.30. The summed E-state index contributed by atoms with van der Waals surface area (Å²) in [6.07, 6.45) is 2.75. The molecule has 0 spiro atoms. The Bertz CT molecular complexity index is 1200. The number of halogens is 1. The first-order valence-electron chi connectivity index (χ1n) is 8.62. The number of benzene rings is 2. The topological polar surface area (TPSA) is 81.8 Å².